The third kappa shape index (κ3) is 6.13. The van der Waals surface area contributed by atoms with E-state index < -0.39 is 0 Å². The van der Waals surface area contributed by atoms with E-state index in [0.29, 0.717) is 37.0 Å². The largest absolute Gasteiger partial charge is 0.293 e. The fourth-order valence-electron chi connectivity index (χ4n) is 1.66. The molecule has 2 N–H and O–H groups in total. The monoisotopic (exact) mass is 434 g/mol. The predicted molar refractivity (Wildman–Crippen MR) is 104 cm³/mol. The van der Waals surface area contributed by atoms with Crippen LogP contribution in [0, 0.1) is 5.41 Å². The van der Waals surface area contributed by atoms with Crippen LogP contribution in [0.5, 0.6) is 0 Å². The van der Waals surface area contributed by atoms with Gasteiger partial charge in [0.2, 0.25) is 0 Å². The average molecular weight is 436 g/mol. The average Bonchev–Trinajstić information content (AvgIpc) is 3.07. The highest BCUT2D eigenvalue weighted by atomic mass is 35.5. The SMILES string of the molecule is CSC(=N)c1cc(Cl)nc(Cl)c1.Clc1cc(-c2ncn[nH]2)cc(Cl)n1. The van der Waals surface area contributed by atoms with Gasteiger partial charge in [-0.2, -0.15) is 5.10 Å². The quantitative estimate of drug-likeness (QED) is 0.325. The number of halogens is 4. The van der Waals surface area contributed by atoms with Crippen LogP contribution < -0.4 is 0 Å². The van der Waals surface area contributed by atoms with E-state index in [-0.39, 0.29) is 0 Å². The molecule has 0 saturated heterocycles. The Kier molecular flexibility index (Phi) is 7.46. The third-order valence-corrected chi connectivity index (χ3v) is 4.10. The molecule has 0 bridgehead atoms. The standard InChI is InChI=1S/C7H4Cl2N4.C7H6Cl2N2S/c8-5-1-4(2-6(9)12-5)7-10-3-11-13-7;1-12-7(10)4-2-5(8)11-6(9)3-4/h1-3H,(H,10,11,13);2-3,10H,1H3. The molecule has 6 nitrogen and oxygen atoms in total. The summed E-state index contributed by atoms with van der Waals surface area (Å²) in [5, 5.41) is 15.6. The summed E-state index contributed by atoms with van der Waals surface area (Å²) >= 11 is 24.1. The summed E-state index contributed by atoms with van der Waals surface area (Å²) in [4.78, 5) is 11.5. The second-order valence-corrected chi connectivity index (χ2v) is 6.74. The smallest absolute Gasteiger partial charge is 0.155 e. The Labute approximate surface area is 167 Å². The van der Waals surface area contributed by atoms with Gasteiger partial charge in [-0.3, -0.25) is 10.5 Å². The molecule has 0 aliphatic heterocycles. The summed E-state index contributed by atoms with van der Waals surface area (Å²) in [6.45, 7) is 0. The molecule has 0 aromatic carbocycles. The Morgan fingerprint density at radius 3 is 1.92 bits per heavy atom. The predicted octanol–water partition coefficient (Wildman–Crippen LogP) is 5.25. The van der Waals surface area contributed by atoms with Gasteiger partial charge in [0, 0.05) is 11.1 Å². The molecule has 0 unspecified atom stereocenters. The second kappa shape index (κ2) is 9.35. The fourth-order valence-corrected chi connectivity index (χ4v) is 2.93. The van der Waals surface area contributed by atoms with E-state index in [9.17, 15) is 0 Å². The molecule has 0 atom stereocenters. The van der Waals surface area contributed by atoms with Gasteiger partial charge in [0.25, 0.3) is 0 Å². The topological polar surface area (TPSA) is 91.2 Å². The van der Waals surface area contributed by atoms with Crippen molar-refractivity contribution in [2.75, 3.05) is 6.26 Å². The molecule has 0 radical (unpaired) electrons. The van der Waals surface area contributed by atoms with E-state index in [2.05, 4.69) is 25.1 Å². The lowest BCUT2D eigenvalue weighted by Crippen LogP contribution is -1.93. The molecule has 0 amide bonds. The molecule has 3 heterocycles. The number of aromatic amines is 1. The number of thioether (sulfide) groups is 1. The maximum Gasteiger partial charge on any atom is 0.155 e. The number of hydrogen-bond acceptors (Lipinski definition) is 6. The van der Waals surface area contributed by atoms with E-state index in [0.717, 1.165) is 5.56 Å². The highest BCUT2D eigenvalue weighted by Gasteiger charge is 2.04. The molecule has 3 rings (SSSR count). The Hall–Kier alpha value is -1.38. The lowest BCUT2D eigenvalue weighted by atomic mass is 10.2. The molecule has 0 fully saturated rings. The summed E-state index contributed by atoms with van der Waals surface area (Å²) in [6, 6.07) is 6.56. The van der Waals surface area contributed by atoms with Crippen LogP contribution in [0.2, 0.25) is 20.6 Å². The molecule has 130 valence electrons. The first-order valence-electron chi connectivity index (χ1n) is 6.54. The Balaban J connectivity index is 0.000000181. The van der Waals surface area contributed by atoms with Gasteiger partial charge in [-0.05, 0) is 30.5 Å². The zero-order valence-electron chi connectivity index (χ0n) is 12.6. The van der Waals surface area contributed by atoms with Gasteiger partial charge in [-0.15, -0.1) is 11.8 Å². The van der Waals surface area contributed by atoms with Crippen molar-refractivity contribution in [2.24, 2.45) is 0 Å². The lowest BCUT2D eigenvalue weighted by Gasteiger charge is -2.00. The van der Waals surface area contributed by atoms with Crippen molar-refractivity contribution in [1.29, 1.82) is 5.41 Å². The van der Waals surface area contributed by atoms with Gasteiger partial charge in [-0.1, -0.05) is 46.4 Å². The summed E-state index contributed by atoms with van der Waals surface area (Å²) in [7, 11) is 0. The van der Waals surface area contributed by atoms with Crippen LogP contribution in [-0.2, 0) is 0 Å². The first kappa shape index (κ1) is 19.9. The van der Waals surface area contributed by atoms with E-state index >= 15 is 0 Å². The highest BCUT2D eigenvalue weighted by molar-refractivity contribution is 8.13. The van der Waals surface area contributed by atoms with Crippen LogP contribution in [0.1, 0.15) is 5.56 Å². The highest BCUT2D eigenvalue weighted by Crippen LogP contribution is 2.21. The molecule has 11 heteroatoms. The maximum atomic E-state index is 7.49. The normalized spacial score (nSPS) is 10.1. The van der Waals surface area contributed by atoms with Gasteiger partial charge in [0.1, 0.15) is 26.9 Å². The van der Waals surface area contributed by atoms with Crippen molar-refractivity contribution in [1.82, 2.24) is 25.1 Å². The van der Waals surface area contributed by atoms with E-state index in [1.807, 2.05) is 6.26 Å². The first-order valence-corrected chi connectivity index (χ1v) is 9.27. The molecule has 0 aliphatic rings. The van der Waals surface area contributed by atoms with Gasteiger partial charge in [-0.25, -0.2) is 15.0 Å². The van der Waals surface area contributed by atoms with Crippen molar-refractivity contribution in [3.05, 3.63) is 56.8 Å². The van der Waals surface area contributed by atoms with Gasteiger partial charge >= 0.3 is 0 Å². The minimum atomic E-state index is 0.316. The number of rotatable bonds is 2. The van der Waals surface area contributed by atoms with Crippen molar-refractivity contribution < 1.29 is 0 Å². The van der Waals surface area contributed by atoms with Crippen LogP contribution in [0.15, 0.2) is 30.6 Å². The number of aromatic nitrogens is 5. The van der Waals surface area contributed by atoms with Crippen molar-refractivity contribution in [3.63, 3.8) is 0 Å². The Bertz CT molecular complexity index is 831. The first-order chi connectivity index (χ1) is 11.9. The van der Waals surface area contributed by atoms with Crippen LogP contribution in [0.4, 0.5) is 0 Å². The minimum Gasteiger partial charge on any atom is -0.293 e. The number of nitrogens with one attached hydrogen (secondary N) is 2. The van der Waals surface area contributed by atoms with Crippen LogP contribution in [0.25, 0.3) is 11.4 Å². The summed E-state index contributed by atoms with van der Waals surface area (Å²) < 4.78 is 0. The van der Waals surface area contributed by atoms with E-state index in [1.165, 1.54) is 18.1 Å². The zero-order chi connectivity index (χ0) is 18.4. The number of H-pyrrole nitrogens is 1. The summed E-state index contributed by atoms with van der Waals surface area (Å²) in [5.74, 6) is 0.617. The Morgan fingerprint density at radius 2 is 1.48 bits per heavy atom. The molecular weight excluding hydrogens is 426 g/mol. The molecule has 0 spiro atoms. The Morgan fingerprint density at radius 1 is 0.960 bits per heavy atom. The maximum absolute atomic E-state index is 7.49. The van der Waals surface area contributed by atoms with E-state index in [4.69, 9.17) is 51.8 Å². The third-order valence-electron chi connectivity index (χ3n) is 2.68. The van der Waals surface area contributed by atoms with Gasteiger partial charge in [0.05, 0.1) is 5.04 Å². The van der Waals surface area contributed by atoms with Crippen LogP contribution in [-0.4, -0.2) is 36.4 Å². The van der Waals surface area contributed by atoms with Gasteiger partial charge < -0.3 is 0 Å². The minimum absolute atomic E-state index is 0.316. The van der Waals surface area contributed by atoms with E-state index in [1.54, 1.807) is 24.3 Å². The van der Waals surface area contributed by atoms with Gasteiger partial charge in [0.15, 0.2) is 5.82 Å². The zero-order valence-corrected chi connectivity index (χ0v) is 16.4. The summed E-state index contributed by atoms with van der Waals surface area (Å²) in [5.41, 5.74) is 1.47. The van der Waals surface area contributed by atoms with Crippen LogP contribution >= 0.6 is 58.2 Å². The molecular formula is C14H10Cl4N6S. The molecule has 0 aliphatic carbocycles. The number of pyridine rings is 2. The van der Waals surface area contributed by atoms with Crippen LogP contribution in [0.3, 0.4) is 0 Å². The fraction of sp³-hybridized carbons (Fsp3) is 0.0714. The molecule has 3 aromatic rings. The van der Waals surface area contributed by atoms with Crippen molar-refractivity contribution >= 4 is 63.2 Å². The molecule has 3 aromatic heterocycles. The van der Waals surface area contributed by atoms with Crippen molar-refractivity contribution in [3.8, 4) is 11.4 Å². The lowest BCUT2D eigenvalue weighted by molar-refractivity contribution is 1.09. The number of hydrogen-bond donors (Lipinski definition) is 2. The summed E-state index contributed by atoms with van der Waals surface area (Å²) in [6.07, 6.45) is 3.24. The number of nitrogens with zero attached hydrogens (tertiary/aromatic N) is 4. The van der Waals surface area contributed by atoms with Crippen molar-refractivity contribution in [2.45, 2.75) is 0 Å². The molecule has 25 heavy (non-hydrogen) atoms. The molecule has 0 saturated carbocycles. The second-order valence-electron chi connectivity index (χ2n) is 4.37.